The Labute approximate surface area is 87.6 Å². The third-order valence-electron chi connectivity index (χ3n) is 2.27. The molecule has 78 valence electrons. The van der Waals surface area contributed by atoms with Gasteiger partial charge in [-0.2, -0.15) is 21.7 Å². The number of nitrogens with two attached hydrogens (primary N) is 1. The van der Waals surface area contributed by atoms with Gasteiger partial charge < -0.3 is 5.73 Å². The molecule has 2 N–H and O–H groups in total. The van der Waals surface area contributed by atoms with Crippen LogP contribution in [-0.4, -0.2) is 51.0 Å². The predicted octanol–water partition coefficient (Wildman–Crippen LogP) is -0.0909. The average molecular weight is 213 g/mol. The summed E-state index contributed by atoms with van der Waals surface area (Å²) in [5.74, 6) is 2.99. The molecule has 0 unspecified atom stereocenters. The van der Waals surface area contributed by atoms with Gasteiger partial charge in [-0.05, 0) is 0 Å². The molecule has 0 spiro atoms. The maximum Gasteiger partial charge on any atom is 0.165 e. The maximum atomic E-state index is 5.48. The number of aromatic nitrogens is 3. The molecule has 1 fully saturated rings. The monoisotopic (exact) mass is 213 g/mol. The van der Waals surface area contributed by atoms with Crippen molar-refractivity contribution in [1.82, 2.24) is 19.9 Å². The molecule has 0 aliphatic carbocycles. The fourth-order valence-corrected chi connectivity index (χ4v) is 2.45. The van der Waals surface area contributed by atoms with E-state index in [1.54, 1.807) is 11.0 Å². The van der Waals surface area contributed by atoms with Gasteiger partial charge in [0.15, 0.2) is 5.82 Å². The summed E-state index contributed by atoms with van der Waals surface area (Å²) in [6, 6.07) is 0. The molecule has 1 aromatic rings. The van der Waals surface area contributed by atoms with E-state index in [2.05, 4.69) is 15.1 Å². The Balaban J connectivity index is 1.76. The molecular weight excluding hydrogens is 198 g/mol. The van der Waals surface area contributed by atoms with E-state index >= 15 is 0 Å². The molecule has 0 bridgehead atoms. The van der Waals surface area contributed by atoms with E-state index in [1.165, 1.54) is 24.6 Å². The van der Waals surface area contributed by atoms with Gasteiger partial charge in [0.25, 0.3) is 0 Å². The smallest absolute Gasteiger partial charge is 0.165 e. The van der Waals surface area contributed by atoms with Crippen molar-refractivity contribution in [2.45, 2.75) is 6.54 Å². The third-order valence-corrected chi connectivity index (χ3v) is 3.22. The molecule has 0 radical (unpaired) electrons. The van der Waals surface area contributed by atoms with Gasteiger partial charge in [0.1, 0.15) is 0 Å². The number of nitrogen functional groups attached to an aromatic ring is 1. The lowest BCUT2D eigenvalue weighted by Gasteiger charge is -2.25. The molecule has 1 aliphatic rings. The minimum absolute atomic E-state index is 0.499. The maximum absolute atomic E-state index is 5.48. The largest absolute Gasteiger partial charge is 0.381 e. The lowest BCUT2D eigenvalue weighted by molar-refractivity contribution is 0.277. The second-order valence-corrected chi connectivity index (χ2v) is 4.54. The zero-order valence-corrected chi connectivity index (χ0v) is 8.91. The van der Waals surface area contributed by atoms with Gasteiger partial charge in [-0.3, -0.25) is 4.90 Å². The molecule has 0 aromatic carbocycles. The fraction of sp³-hybridized carbons (Fsp3) is 0.750. The van der Waals surface area contributed by atoms with Gasteiger partial charge in [-0.1, -0.05) is 0 Å². The lowest BCUT2D eigenvalue weighted by Crippen LogP contribution is -2.35. The zero-order valence-electron chi connectivity index (χ0n) is 8.09. The van der Waals surface area contributed by atoms with Crippen LogP contribution >= 0.6 is 11.8 Å². The molecule has 2 rings (SSSR count). The van der Waals surface area contributed by atoms with Gasteiger partial charge in [0.05, 0.1) is 12.7 Å². The molecule has 6 heteroatoms. The predicted molar refractivity (Wildman–Crippen MR) is 58.2 cm³/mol. The van der Waals surface area contributed by atoms with Crippen LogP contribution in [0.2, 0.25) is 0 Å². The lowest BCUT2D eigenvalue weighted by atomic mass is 10.4. The van der Waals surface area contributed by atoms with Crippen molar-refractivity contribution in [3.8, 4) is 0 Å². The Hall–Kier alpha value is -0.750. The highest BCUT2D eigenvalue weighted by molar-refractivity contribution is 7.99. The summed E-state index contributed by atoms with van der Waals surface area (Å²) in [4.78, 5) is 4.10. The molecule has 1 aliphatic heterocycles. The van der Waals surface area contributed by atoms with E-state index in [0.717, 1.165) is 13.1 Å². The fourth-order valence-electron chi connectivity index (χ4n) is 1.47. The number of anilines is 1. The van der Waals surface area contributed by atoms with Crippen molar-refractivity contribution in [3.63, 3.8) is 0 Å². The molecule has 0 atom stereocenters. The first-order valence-corrected chi connectivity index (χ1v) is 5.96. The van der Waals surface area contributed by atoms with Crippen molar-refractivity contribution in [3.05, 3.63) is 6.20 Å². The van der Waals surface area contributed by atoms with E-state index in [9.17, 15) is 0 Å². The number of rotatable bonds is 3. The van der Waals surface area contributed by atoms with E-state index in [1.807, 2.05) is 11.8 Å². The summed E-state index contributed by atoms with van der Waals surface area (Å²) in [7, 11) is 0. The van der Waals surface area contributed by atoms with E-state index in [4.69, 9.17) is 5.73 Å². The molecule has 1 saturated heterocycles. The average Bonchev–Trinajstić information content (AvgIpc) is 2.63. The summed E-state index contributed by atoms with van der Waals surface area (Å²) in [5.41, 5.74) is 5.48. The van der Waals surface area contributed by atoms with Crippen LogP contribution in [0.1, 0.15) is 0 Å². The van der Waals surface area contributed by atoms with Crippen LogP contribution < -0.4 is 5.73 Å². The van der Waals surface area contributed by atoms with E-state index < -0.39 is 0 Å². The van der Waals surface area contributed by atoms with Crippen molar-refractivity contribution < 1.29 is 0 Å². The number of hydrogen-bond donors (Lipinski definition) is 1. The minimum Gasteiger partial charge on any atom is -0.381 e. The van der Waals surface area contributed by atoms with Gasteiger partial charge in [-0.15, -0.1) is 5.10 Å². The van der Waals surface area contributed by atoms with E-state index in [-0.39, 0.29) is 0 Å². The van der Waals surface area contributed by atoms with Crippen LogP contribution in [0, 0.1) is 0 Å². The second kappa shape index (κ2) is 4.65. The Morgan fingerprint density at radius 2 is 2.14 bits per heavy atom. The van der Waals surface area contributed by atoms with Gasteiger partial charge in [0.2, 0.25) is 0 Å². The summed E-state index contributed by atoms with van der Waals surface area (Å²) in [6.07, 6.45) is 1.59. The Morgan fingerprint density at radius 1 is 1.36 bits per heavy atom. The number of nitrogens with zero attached hydrogens (tertiary/aromatic N) is 4. The van der Waals surface area contributed by atoms with Gasteiger partial charge in [-0.25, -0.2) is 0 Å². The van der Waals surface area contributed by atoms with E-state index in [0.29, 0.717) is 5.82 Å². The molecule has 1 aromatic heterocycles. The molecule has 5 nitrogen and oxygen atoms in total. The summed E-state index contributed by atoms with van der Waals surface area (Å²) in [6.45, 7) is 4.22. The van der Waals surface area contributed by atoms with Crippen molar-refractivity contribution >= 4 is 17.6 Å². The Morgan fingerprint density at radius 3 is 2.79 bits per heavy atom. The van der Waals surface area contributed by atoms with Crippen molar-refractivity contribution in [2.24, 2.45) is 0 Å². The first-order valence-electron chi connectivity index (χ1n) is 4.80. The van der Waals surface area contributed by atoms with Crippen LogP contribution in [-0.2, 0) is 6.54 Å². The van der Waals surface area contributed by atoms with Crippen LogP contribution in [0.15, 0.2) is 6.20 Å². The number of hydrogen-bond acceptors (Lipinski definition) is 5. The minimum atomic E-state index is 0.499. The number of thioether (sulfide) groups is 1. The highest BCUT2D eigenvalue weighted by atomic mass is 32.2. The van der Waals surface area contributed by atoms with Crippen LogP contribution in [0.4, 0.5) is 5.82 Å². The van der Waals surface area contributed by atoms with Crippen molar-refractivity contribution in [2.75, 3.05) is 36.9 Å². The summed E-state index contributed by atoms with van der Waals surface area (Å²) < 4.78 is 0. The van der Waals surface area contributed by atoms with Crippen LogP contribution in [0.5, 0.6) is 0 Å². The first kappa shape index (κ1) is 9.79. The quantitative estimate of drug-likeness (QED) is 0.760. The Kier molecular flexibility index (Phi) is 3.26. The second-order valence-electron chi connectivity index (χ2n) is 3.32. The SMILES string of the molecule is Nc1cnn(CCN2CCSCC2)n1. The highest BCUT2D eigenvalue weighted by Crippen LogP contribution is 2.08. The highest BCUT2D eigenvalue weighted by Gasteiger charge is 2.09. The first-order chi connectivity index (χ1) is 6.84. The molecule has 14 heavy (non-hydrogen) atoms. The molecule has 2 heterocycles. The molecule has 0 amide bonds. The van der Waals surface area contributed by atoms with Crippen molar-refractivity contribution in [1.29, 1.82) is 0 Å². The van der Waals surface area contributed by atoms with Crippen LogP contribution in [0.25, 0.3) is 0 Å². The topological polar surface area (TPSA) is 60.0 Å². The summed E-state index contributed by atoms with van der Waals surface area (Å²) >= 11 is 2.02. The molecular formula is C8H15N5S. The summed E-state index contributed by atoms with van der Waals surface area (Å²) in [5, 5.41) is 8.10. The van der Waals surface area contributed by atoms with Crippen LogP contribution in [0.3, 0.4) is 0 Å². The zero-order chi connectivity index (χ0) is 9.80. The molecule has 0 saturated carbocycles. The van der Waals surface area contributed by atoms with Gasteiger partial charge in [0, 0.05) is 31.1 Å². The Bertz CT molecular complexity index is 281. The normalized spacial score (nSPS) is 18.6. The standard InChI is InChI=1S/C8H15N5S/c9-8-7-10-13(11-8)2-1-12-3-5-14-6-4-12/h7H,1-6H2,(H2,9,11). The third kappa shape index (κ3) is 2.62. The van der Waals surface area contributed by atoms with Gasteiger partial charge >= 0.3 is 0 Å².